The molecule has 3 heterocycles. The largest absolute Gasteiger partial charge is 0.368 e. The molecule has 0 bridgehead atoms. The lowest BCUT2D eigenvalue weighted by atomic mass is 10.1. The van der Waals surface area contributed by atoms with Gasteiger partial charge in [-0.2, -0.15) is 0 Å². The summed E-state index contributed by atoms with van der Waals surface area (Å²) in [5.74, 6) is 0.989. The summed E-state index contributed by atoms with van der Waals surface area (Å²) in [4.78, 5) is 8.90. The van der Waals surface area contributed by atoms with Gasteiger partial charge in [0.15, 0.2) is 0 Å². The minimum absolute atomic E-state index is 0.0142. The molecule has 0 aromatic carbocycles. The molecule has 0 aliphatic carbocycles. The molecule has 2 aromatic heterocycles. The van der Waals surface area contributed by atoms with Crippen molar-refractivity contribution < 1.29 is 4.74 Å². The zero-order chi connectivity index (χ0) is 13.5. The Labute approximate surface area is 113 Å². The lowest BCUT2D eigenvalue weighted by molar-refractivity contribution is 0.0181. The predicted molar refractivity (Wildman–Crippen MR) is 74.1 cm³/mol. The van der Waals surface area contributed by atoms with Crippen molar-refractivity contribution in [3.05, 3.63) is 24.3 Å². The molecule has 1 aliphatic heterocycles. The predicted octanol–water partition coefficient (Wildman–Crippen LogP) is 1.85. The molecule has 1 aliphatic rings. The highest BCUT2D eigenvalue weighted by molar-refractivity contribution is 5.75. The normalized spacial score (nSPS) is 20.9. The highest BCUT2D eigenvalue weighted by atomic mass is 16.5. The molecule has 19 heavy (non-hydrogen) atoms. The number of pyridine rings is 1. The highest BCUT2D eigenvalue weighted by Gasteiger charge is 2.28. The van der Waals surface area contributed by atoms with Gasteiger partial charge in [0, 0.05) is 24.8 Å². The molecule has 5 nitrogen and oxygen atoms in total. The molecule has 102 valence electrons. The van der Waals surface area contributed by atoms with E-state index >= 15 is 0 Å². The van der Waals surface area contributed by atoms with Crippen LogP contribution in [0.1, 0.15) is 32.7 Å². The fourth-order valence-electron chi connectivity index (χ4n) is 2.60. The zero-order valence-electron chi connectivity index (χ0n) is 11.7. The van der Waals surface area contributed by atoms with E-state index in [0.717, 1.165) is 36.6 Å². The molecule has 5 heteroatoms. The van der Waals surface area contributed by atoms with Crippen LogP contribution < -0.4 is 5.32 Å². The van der Waals surface area contributed by atoms with E-state index in [1.807, 2.05) is 18.5 Å². The van der Waals surface area contributed by atoms with E-state index in [4.69, 9.17) is 9.72 Å². The molecule has 0 radical (unpaired) electrons. The molecule has 0 spiro atoms. The summed E-state index contributed by atoms with van der Waals surface area (Å²) >= 11 is 0. The van der Waals surface area contributed by atoms with Crippen LogP contribution in [-0.2, 0) is 10.3 Å². The quantitative estimate of drug-likeness (QED) is 0.850. The Balaban J connectivity index is 2.17. The van der Waals surface area contributed by atoms with Gasteiger partial charge in [-0.1, -0.05) is 0 Å². The average Bonchev–Trinajstić information content (AvgIpc) is 2.79. The minimum atomic E-state index is -0.0355. The monoisotopic (exact) mass is 260 g/mol. The Kier molecular flexibility index (Phi) is 3.03. The summed E-state index contributed by atoms with van der Waals surface area (Å²) in [5, 5.41) is 3.36. The van der Waals surface area contributed by atoms with Crippen molar-refractivity contribution >= 4 is 11.0 Å². The van der Waals surface area contributed by atoms with Gasteiger partial charge in [0.1, 0.15) is 17.4 Å². The fraction of sp³-hybridized carbons (Fsp3) is 0.571. The number of rotatable bonds is 1. The Morgan fingerprint density at radius 3 is 2.95 bits per heavy atom. The number of ether oxygens (including phenoxy) is 1. The van der Waals surface area contributed by atoms with Crippen molar-refractivity contribution in [3.8, 4) is 0 Å². The molecule has 0 saturated carbocycles. The van der Waals surface area contributed by atoms with E-state index in [-0.39, 0.29) is 11.6 Å². The second kappa shape index (κ2) is 4.58. The van der Waals surface area contributed by atoms with Crippen molar-refractivity contribution in [1.29, 1.82) is 0 Å². The first-order valence-corrected chi connectivity index (χ1v) is 6.72. The standard InChI is InChI=1S/C14H20N4O/c1-14(2,3)18-11-4-5-15-8-10(11)17-13(18)12-9-16-6-7-19-12/h4-5,8,12,16H,6-7,9H2,1-3H3. The number of morpholine rings is 1. The molecule has 1 fully saturated rings. The lowest BCUT2D eigenvalue weighted by Crippen LogP contribution is -2.36. The first-order valence-electron chi connectivity index (χ1n) is 6.72. The molecule has 1 N–H and O–H groups in total. The third-order valence-corrected chi connectivity index (χ3v) is 3.37. The topological polar surface area (TPSA) is 52.0 Å². The maximum absolute atomic E-state index is 5.86. The Hall–Kier alpha value is -1.46. The van der Waals surface area contributed by atoms with Crippen molar-refractivity contribution in [3.63, 3.8) is 0 Å². The van der Waals surface area contributed by atoms with E-state index in [1.54, 1.807) is 0 Å². The van der Waals surface area contributed by atoms with Crippen molar-refractivity contribution in [2.45, 2.75) is 32.4 Å². The second-order valence-corrected chi connectivity index (χ2v) is 5.90. The van der Waals surface area contributed by atoms with E-state index in [0.29, 0.717) is 0 Å². The van der Waals surface area contributed by atoms with Gasteiger partial charge < -0.3 is 14.6 Å². The third-order valence-electron chi connectivity index (χ3n) is 3.37. The summed E-state index contributed by atoms with van der Waals surface area (Å²) < 4.78 is 8.13. The van der Waals surface area contributed by atoms with Crippen LogP contribution in [0.2, 0.25) is 0 Å². The molecule has 1 saturated heterocycles. The summed E-state index contributed by atoms with van der Waals surface area (Å²) in [6.45, 7) is 9.02. The lowest BCUT2D eigenvalue weighted by Gasteiger charge is -2.29. The van der Waals surface area contributed by atoms with E-state index < -0.39 is 0 Å². The van der Waals surface area contributed by atoms with Crippen molar-refractivity contribution in [2.24, 2.45) is 0 Å². The first-order chi connectivity index (χ1) is 9.07. The van der Waals surface area contributed by atoms with Gasteiger partial charge in [0.25, 0.3) is 0 Å². The maximum atomic E-state index is 5.86. The van der Waals surface area contributed by atoms with Crippen LogP contribution in [0.4, 0.5) is 0 Å². The van der Waals surface area contributed by atoms with Gasteiger partial charge in [-0.05, 0) is 26.8 Å². The van der Waals surface area contributed by atoms with Crippen LogP contribution in [0.25, 0.3) is 11.0 Å². The van der Waals surface area contributed by atoms with Crippen LogP contribution in [0, 0.1) is 0 Å². The Morgan fingerprint density at radius 2 is 2.26 bits per heavy atom. The van der Waals surface area contributed by atoms with E-state index in [1.165, 1.54) is 0 Å². The summed E-state index contributed by atoms with van der Waals surface area (Å²) in [7, 11) is 0. The summed E-state index contributed by atoms with van der Waals surface area (Å²) in [6, 6.07) is 2.02. The minimum Gasteiger partial charge on any atom is -0.368 e. The van der Waals surface area contributed by atoms with Crippen LogP contribution >= 0.6 is 0 Å². The van der Waals surface area contributed by atoms with E-state index in [9.17, 15) is 0 Å². The number of imidazole rings is 1. The molecule has 1 unspecified atom stereocenters. The Bertz CT molecular complexity index is 579. The molecular formula is C14H20N4O. The van der Waals surface area contributed by atoms with Gasteiger partial charge >= 0.3 is 0 Å². The van der Waals surface area contributed by atoms with Crippen molar-refractivity contribution in [1.82, 2.24) is 19.9 Å². The molecule has 0 amide bonds. The van der Waals surface area contributed by atoms with Gasteiger partial charge in [0.05, 0.1) is 18.3 Å². The van der Waals surface area contributed by atoms with Crippen LogP contribution in [0.5, 0.6) is 0 Å². The average molecular weight is 260 g/mol. The van der Waals surface area contributed by atoms with Crippen LogP contribution in [0.15, 0.2) is 18.5 Å². The zero-order valence-corrected chi connectivity index (χ0v) is 11.7. The van der Waals surface area contributed by atoms with Gasteiger partial charge in [0.2, 0.25) is 0 Å². The third kappa shape index (κ3) is 2.24. The molecule has 1 atom stereocenters. The number of fused-ring (bicyclic) bond motifs is 1. The first kappa shape index (κ1) is 12.6. The Morgan fingerprint density at radius 1 is 1.42 bits per heavy atom. The van der Waals surface area contributed by atoms with Crippen LogP contribution in [0.3, 0.4) is 0 Å². The van der Waals surface area contributed by atoms with Gasteiger partial charge in [-0.15, -0.1) is 0 Å². The highest BCUT2D eigenvalue weighted by Crippen LogP contribution is 2.29. The number of nitrogens with one attached hydrogen (secondary N) is 1. The smallest absolute Gasteiger partial charge is 0.141 e. The van der Waals surface area contributed by atoms with E-state index in [2.05, 4.69) is 35.6 Å². The van der Waals surface area contributed by atoms with Crippen molar-refractivity contribution in [2.75, 3.05) is 19.7 Å². The summed E-state index contributed by atoms with van der Waals surface area (Å²) in [6.07, 6.45) is 3.65. The number of hydrogen-bond donors (Lipinski definition) is 1. The number of nitrogens with zero attached hydrogens (tertiary/aromatic N) is 3. The fourth-order valence-corrected chi connectivity index (χ4v) is 2.60. The molecule has 2 aromatic rings. The number of aromatic nitrogens is 3. The number of hydrogen-bond acceptors (Lipinski definition) is 4. The maximum Gasteiger partial charge on any atom is 0.141 e. The summed E-state index contributed by atoms with van der Waals surface area (Å²) in [5.41, 5.74) is 2.01. The SMILES string of the molecule is CC(C)(C)n1c(C2CNCCO2)nc2cnccc21. The molecule has 3 rings (SSSR count). The van der Waals surface area contributed by atoms with Gasteiger partial charge in [-0.25, -0.2) is 4.98 Å². The van der Waals surface area contributed by atoms with Gasteiger partial charge in [-0.3, -0.25) is 4.98 Å². The second-order valence-electron chi connectivity index (χ2n) is 5.90. The van der Waals surface area contributed by atoms with Crippen LogP contribution in [-0.4, -0.2) is 34.2 Å². The molecular weight excluding hydrogens is 240 g/mol.